The Morgan fingerprint density at radius 1 is 1.00 bits per heavy atom. The van der Waals surface area contributed by atoms with Crippen molar-refractivity contribution in [2.45, 2.75) is 27.3 Å². The van der Waals surface area contributed by atoms with E-state index in [9.17, 15) is 14.4 Å². The maximum atomic E-state index is 11.6. The van der Waals surface area contributed by atoms with Crippen LogP contribution >= 0.6 is 0 Å². The summed E-state index contributed by atoms with van der Waals surface area (Å²) in [5.41, 5.74) is 0.225. The van der Waals surface area contributed by atoms with Crippen molar-refractivity contribution in [1.82, 2.24) is 10.6 Å². The molecule has 5 heteroatoms. The lowest BCUT2D eigenvalue weighted by atomic mass is 9.90. The maximum Gasteiger partial charge on any atom is 0.288 e. The highest BCUT2D eigenvalue weighted by molar-refractivity contribution is 6.38. The van der Waals surface area contributed by atoms with Gasteiger partial charge in [-0.15, -0.1) is 0 Å². The normalized spacial score (nSPS) is 10.8. The summed E-state index contributed by atoms with van der Waals surface area (Å²) in [5, 5.41) is 4.99. The number of Topliss-reactive ketones (excluding diaryl/α,β-unsaturated/α-hetero) is 1. The summed E-state index contributed by atoms with van der Waals surface area (Å²) >= 11 is 0. The number of nitrogens with one attached hydrogen (secondary N) is 2. The highest BCUT2D eigenvalue weighted by atomic mass is 16.2. The summed E-state index contributed by atoms with van der Waals surface area (Å²) in [6.07, 6.45) is 0. The average Bonchev–Trinajstić information content (AvgIpc) is 2.41. The fourth-order valence-electron chi connectivity index (χ4n) is 1.44. The van der Waals surface area contributed by atoms with Crippen LogP contribution < -0.4 is 10.6 Å². The molecule has 108 valence electrons. The molecule has 0 unspecified atom stereocenters. The summed E-state index contributed by atoms with van der Waals surface area (Å²) in [6.45, 7) is 5.16. The van der Waals surface area contributed by atoms with Crippen LogP contribution in [0.25, 0.3) is 0 Å². The molecule has 5 nitrogen and oxygen atoms in total. The summed E-state index contributed by atoms with van der Waals surface area (Å²) in [7, 11) is 0. The highest BCUT2D eigenvalue weighted by Gasteiger charge is 2.28. The molecule has 0 spiro atoms. The van der Waals surface area contributed by atoms with Crippen molar-refractivity contribution >= 4 is 17.6 Å². The first-order valence-corrected chi connectivity index (χ1v) is 6.44. The largest absolute Gasteiger partial charge is 0.350 e. The van der Waals surface area contributed by atoms with Crippen LogP contribution in [0.2, 0.25) is 0 Å². The Morgan fingerprint density at radius 2 is 1.60 bits per heavy atom. The number of benzene rings is 1. The molecule has 0 aliphatic carbocycles. The van der Waals surface area contributed by atoms with Crippen molar-refractivity contribution in [3.8, 4) is 0 Å². The first kappa shape index (κ1) is 15.9. The van der Waals surface area contributed by atoms with Crippen LogP contribution in [-0.2, 0) is 20.9 Å². The minimum atomic E-state index is -0.745. The molecule has 2 N–H and O–H groups in total. The number of carbonyl (C=O) groups is 3. The zero-order chi connectivity index (χ0) is 15.2. The van der Waals surface area contributed by atoms with Gasteiger partial charge in [0.15, 0.2) is 0 Å². The predicted molar refractivity (Wildman–Crippen MR) is 75.8 cm³/mol. The lowest BCUT2D eigenvalue weighted by Crippen LogP contribution is -2.43. The minimum Gasteiger partial charge on any atom is -0.350 e. The summed E-state index contributed by atoms with van der Waals surface area (Å²) in [4.78, 5) is 34.7. The molecule has 0 fully saturated rings. The van der Waals surface area contributed by atoms with Crippen molar-refractivity contribution in [3.63, 3.8) is 0 Å². The molecular formula is C15H20N2O3. The zero-order valence-electron chi connectivity index (χ0n) is 12.0. The highest BCUT2D eigenvalue weighted by Crippen LogP contribution is 2.13. The van der Waals surface area contributed by atoms with E-state index in [1.54, 1.807) is 20.8 Å². The fourth-order valence-corrected chi connectivity index (χ4v) is 1.44. The van der Waals surface area contributed by atoms with Gasteiger partial charge < -0.3 is 10.6 Å². The van der Waals surface area contributed by atoms with E-state index >= 15 is 0 Å². The van der Waals surface area contributed by atoms with E-state index in [4.69, 9.17) is 0 Å². The summed E-state index contributed by atoms with van der Waals surface area (Å²) in [5.74, 6) is -1.59. The molecule has 0 aliphatic heterocycles. The van der Waals surface area contributed by atoms with E-state index in [0.29, 0.717) is 6.54 Å². The Hall–Kier alpha value is -2.17. The van der Waals surface area contributed by atoms with Gasteiger partial charge in [0.05, 0.1) is 6.54 Å². The van der Waals surface area contributed by atoms with Gasteiger partial charge in [-0.2, -0.15) is 0 Å². The van der Waals surface area contributed by atoms with E-state index < -0.39 is 17.1 Å². The molecule has 0 atom stereocenters. The van der Waals surface area contributed by atoms with Crippen LogP contribution in [-0.4, -0.2) is 24.1 Å². The molecule has 1 rings (SSSR count). The molecule has 2 amide bonds. The molecule has 0 bridgehead atoms. The van der Waals surface area contributed by atoms with Gasteiger partial charge >= 0.3 is 0 Å². The van der Waals surface area contributed by atoms with Gasteiger partial charge in [-0.25, -0.2) is 0 Å². The third-order valence-electron chi connectivity index (χ3n) is 2.63. The van der Waals surface area contributed by atoms with Crippen molar-refractivity contribution in [1.29, 1.82) is 0 Å². The number of rotatable bonds is 5. The van der Waals surface area contributed by atoms with E-state index in [0.717, 1.165) is 5.56 Å². The third kappa shape index (κ3) is 5.22. The van der Waals surface area contributed by atoms with E-state index in [1.807, 2.05) is 30.3 Å². The first-order valence-electron chi connectivity index (χ1n) is 6.44. The second-order valence-electron chi connectivity index (χ2n) is 5.52. The second kappa shape index (κ2) is 6.84. The van der Waals surface area contributed by atoms with Gasteiger partial charge in [0.25, 0.3) is 5.91 Å². The van der Waals surface area contributed by atoms with Gasteiger partial charge in [0, 0.05) is 12.0 Å². The summed E-state index contributed by atoms with van der Waals surface area (Å²) in [6, 6.07) is 9.43. The molecule has 0 saturated heterocycles. The van der Waals surface area contributed by atoms with Crippen molar-refractivity contribution in [3.05, 3.63) is 35.9 Å². The minimum absolute atomic E-state index is 0.201. The Bertz CT molecular complexity index is 490. The molecule has 0 heterocycles. The molecular weight excluding hydrogens is 256 g/mol. The maximum absolute atomic E-state index is 11.6. The van der Waals surface area contributed by atoms with Crippen LogP contribution in [0, 0.1) is 5.41 Å². The molecule has 1 aromatic carbocycles. The van der Waals surface area contributed by atoms with E-state index in [-0.39, 0.29) is 12.5 Å². The van der Waals surface area contributed by atoms with Crippen LogP contribution in [0.4, 0.5) is 0 Å². The third-order valence-corrected chi connectivity index (χ3v) is 2.63. The second-order valence-corrected chi connectivity index (χ2v) is 5.52. The number of hydrogen-bond donors (Lipinski definition) is 2. The smallest absolute Gasteiger partial charge is 0.288 e. The fraction of sp³-hybridized carbons (Fsp3) is 0.400. The van der Waals surface area contributed by atoms with Gasteiger partial charge in [-0.1, -0.05) is 51.1 Å². The van der Waals surface area contributed by atoms with E-state index in [2.05, 4.69) is 10.6 Å². The number of amides is 2. The van der Waals surface area contributed by atoms with Gasteiger partial charge in [0.1, 0.15) is 0 Å². The lowest BCUT2D eigenvalue weighted by molar-refractivity contribution is -0.142. The molecule has 0 aromatic heterocycles. The Balaban J connectivity index is 2.34. The molecule has 0 saturated carbocycles. The molecule has 0 aliphatic rings. The monoisotopic (exact) mass is 276 g/mol. The Labute approximate surface area is 118 Å². The lowest BCUT2D eigenvalue weighted by Gasteiger charge is -2.15. The van der Waals surface area contributed by atoms with Crippen LogP contribution in [0.1, 0.15) is 26.3 Å². The molecule has 20 heavy (non-hydrogen) atoms. The topological polar surface area (TPSA) is 75.3 Å². The van der Waals surface area contributed by atoms with Gasteiger partial charge in [-0.05, 0) is 5.56 Å². The van der Waals surface area contributed by atoms with Crippen LogP contribution in [0.3, 0.4) is 0 Å². The number of ketones is 1. The van der Waals surface area contributed by atoms with E-state index in [1.165, 1.54) is 0 Å². The van der Waals surface area contributed by atoms with Crippen molar-refractivity contribution in [2.75, 3.05) is 6.54 Å². The molecule has 1 aromatic rings. The van der Waals surface area contributed by atoms with Gasteiger partial charge in [0.2, 0.25) is 11.7 Å². The summed E-state index contributed by atoms with van der Waals surface area (Å²) < 4.78 is 0. The van der Waals surface area contributed by atoms with Crippen molar-refractivity contribution in [2.24, 2.45) is 5.41 Å². The van der Waals surface area contributed by atoms with Gasteiger partial charge in [-0.3, -0.25) is 14.4 Å². The first-order chi connectivity index (χ1) is 9.30. The van der Waals surface area contributed by atoms with Crippen LogP contribution in [0.15, 0.2) is 30.3 Å². The zero-order valence-corrected chi connectivity index (χ0v) is 12.0. The SMILES string of the molecule is CC(C)(C)C(=O)C(=O)NCC(=O)NCc1ccccc1. The molecule has 0 radical (unpaired) electrons. The number of hydrogen-bond acceptors (Lipinski definition) is 3. The standard InChI is InChI=1S/C15H20N2O3/c1-15(2,3)13(19)14(20)17-10-12(18)16-9-11-7-5-4-6-8-11/h4-8H,9-10H2,1-3H3,(H,16,18)(H,17,20). The van der Waals surface area contributed by atoms with Crippen molar-refractivity contribution < 1.29 is 14.4 Å². The number of carbonyl (C=O) groups excluding carboxylic acids is 3. The Morgan fingerprint density at radius 3 is 2.15 bits per heavy atom. The Kier molecular flexibility index (Phi) is 5.43. The predicted octanol–water partition coefficient (Wildman–Crippen LogP) is 1.03. The average molecular weight is 276 g/mol. The van der Waals surface area contributed by atoms with Crippen LogP contribution in [0.5, 0.6) is 0 Å². The quantitative estimate of drug-likeness (QED) is 0.789.